The van der Waals surface area contributed by atoms with Gasteiger partial charge >= 0.3 is 0 Å². The molecule has 1 aromatic heterocycles. The lowest BCUT2D eigenvalue weighted by Gasteiger charge is -2.20. The van der Waals surface area contributed by atoms with Crippen molar-refractivity contribution in [1.29, 1.82) is 0 Å². The van der Waals surface area contributed by atoms with E-state index in [1.54, 1.807) is 37.3 Å². The molecule has 0 aliphatic heterocycles. The Morgan fingerprint density at radius 3 is 2.38 bits per heavy atom. The van der Waals surface area contributed by atoms with Gasteiger partial charge in [-0.05, 0) is 62.2 Å². The molecular weight excluding hydrogens is 433 g/mol. The number of benzene rings is 3. The zero-order valence-corrected chi connectivity index (χ0v) is 19.3. The van der Waals surface area contributed by atoms with Gasteiger partial charge in [0.05, 0.1) is 23.9 Å². The number of amides is 1. The first-order valence-electron chi connectivity index (χ1n) is 10.7. The number of carbonyl (C=O) groups excluding carboxylic acids is 1. The van der Waals surface area contributed by atoms with Crippen LogP contribution < -0.4 is 15.5 Å². The second kappa shape index (κ2) is 9.31. The van der Waals surface area contributed by atoms with E-state index >= 15 is 0 Å². The van der Waals surface area contributed by atoms with Gasteiger partial charge in [-0.1, -0.05) is 36.4 Å². The molecule has 7 heteroatoms. The summed E-state index contributed by atoms with van der Waals surface area (Å²) in [4.78, 5) is 26.5. The standard InChI is InChI=1S/C27H24FN3O3/c1-16-13-14-19(15-17(16)2)31-26(29-27(33)20-9-5-7-11-22(20)28)24(25(32)18(3)30-31)21-10-6-8-12-23(21)34-4/h5-15H,1-4H3,(H,29,33). The minimum absolute atomic E-state index is 0.122. The van der Waals surface area contributed by atoms with Gasteiger partial charge in [0, 0.05) is 5.56 Å². The molecule has 4 rings (SSSR count). The number of para-hydroxylation sites is 1. The van der Waals surface area contributed by atoms with Crippen LogP contribution in [0.25, 0.3) is 16.8 Å². The molecule has 0 spiro atoms. The highest BCUT2D eigenvalue weighted by molar-refractivity contribution is 6.06. The van der Waals surface area contributed by atoms with Crippen LogP contribution in [0.5, 0.6) is 5.75 Å². The smallest absolute Gasteiger partial charge is 0.259 e. The molecule has 0 atom stereocenters. The Labute approximate surface area is 196 Å². The van der Waals surface area contributed by atoms with Crippen LogP contribution >= 0.6 is 0 Å². The molecule has 0 aliphatic rings. The number of hydrogen-bond donors (Lipinski definition) is 1. The molecule has 0 unspecified atom stereocenters. The molecule has 0 saturated heterocycles. The third-order valence-corrected chi connectivity index (χ3v) is 5.72. The molecule has 3 aromatic carbocycles. The average Bonchev–Trinajstić information content (AvgIpc) is 2.83. The molecule has 1 amide bonds. The fourth-order valence-corrected chi connectivity index (χ4v) is 3.72. The maximum atomic E-state index is 14.4. The average molecular weight is 458 g/mol. The number of hydrogen-bond acceptors (Lipinski definition) is 4. The van der Waals surface area contributed by atoms with Crippen LogP contribution in [0.3, 0.4) is 0 Å². The summed E-state index contributed by atoms with van der Waals surface area (Å²) in [6, 6.07) is 18.4. The summed E-state index contributed by atoms with van der Waals surface area (Å²) in [5.74, 6) is -0.786. The van der Waals surface area contributed by atoms with Crippen molar-refractivity contribution in [1.82, 2.24) is 9.78 Å². The minimum atomic E-state index is -0.697. The quantitative estimate of drug-likeness (QED) is 0.446. The van der Waals surface area contributed by atoms with Gasteiger partial charge in [-0.3, -0.25) is 9.59 Å². The number of ether oxygens (including phenoxy) is 1. The Morgan fingerprint density at radius 2 is 1.68 bits per heavy atom. The number of halogens is 1. The summed E-state index contributed by atoms with van der Waals surface area (Å²) in [6.07, 6.45) is 0. The van der Waals surface area contributed by atoms with Gasteiger partial charge in [0.25, 0.3) is 5.91 Å². The number of rotatable bonds is 5. The van der Waals surface area contributed by atoms with E-state index in [1.807, 2.05) is 32.0 Å². The van der Waals surface area contributed by atoms with Gasteiger partial charge in [0.1, 0.15) is 23.1 Å². The van der Waals surface area contributed by atoms with Crippen molar-refractivity contribution < 1.29 is 13.9 Å². The summed E-state index contributed by atoms with van der Waals surface area (Å²) in [6.45, 7) is 5.57. The number of nitrogens with one attached hydrogen (secondary N) is 1. The zero-order chi connectivity index (χ0) is 24.4. The normalized spacial score (nSPS) is 10.7. The molecule has 4 aromatic rings. The monoisotopic (exact) mass is 457 g/mol. The van der Waals surface area contributed by atoms with Crippen LogP contribution in [0.4, 0.5) is 10.2 Å². The van der Waals surface area contributed by atoms with Crippen molar-refractivity contribution >= 4 is 11.7 Å². The van der Waals surface area contributed by atoms with E-state index in [-0.39, 0.29) is 28.1 Å². The second-order valence-electron chi connectivity index (χ2n) is 7.95. The van der Waals surface area contributed by atoms with Crippen molar-refractivity contribution in [3.05, 3.63) is 105 Å². The number of methoxy groups -OCH3 is 1. The Balaban J connectivity index is 2.03. The van der Waals surface area contributed by atoms with Crippen molar-refractivity contribution in [2.75, 3.05) is 12.4 Å². The zero-order valence-electron chi connectivity index (χ0n) is 19.3. The van der Waals surface area contributed by atoms with E-state index in [4.69, 9.17) is 4.74 Å². The number of aryl methyl sites for hydroxylation is 3. The first-order chi connectivity index (χ1) is 16.3. The van der Waals surface area contributed by atoms with Gasteiger partial charge in [0.2, 0.25) is 5.43 Å². The van der Waals surface area contributed by atoms with Gasteiger partial charge in [-0.15, -0.1) is 0 Å². The van der Waals surface area contributed by atoms with Crippen LogP contribution in [-0.2, 0) is 0 Å². The predicted molar refractivity (Wildman–Crippen MR) is 130 cm³/mol. The highest BCUT2D eigenvalue weighted by Gasteiger charge is 2.24. The Bertz CT molecular complexity index is 1460. The van der Waals surface area contributed by atoms with E-state index in [9.17, 15) is 14.0 Å². The van der Waals surface area contributed by atoms with Crippen molar-refractivity contribution in [3.63, 3.8) is 0 Å². The van der Waals surface area contributed by atoms with Gasteiger partial charge < -0.3 is 10.1 Å². The fraction of sp³-hybridized carbons (Fsp3) is 0.148. The van der Waals surface area contributed by atoms with Crippen molar-refractivity contribution in [3.8, 4) is 22.6 Å². The lowest BCUT2D eigenvalue weighted by Crippen LogP contribution is -2.25. The van der Waals surface area contributed by atoms with Crippen LogP contribution in [0.2, 0.25) is 0 Å². The molecule has 172 valence electrons. The van der Waals surface area contributed by atoms with Gasteiger partial charge in [-0.25, -0.2) is 9.07 Å². The molecular formula is C27H24FN3O3. The minimum Gasteiger partial charge on any atom is -0.496 e. The number of nitrogens with zero attached hydrogens (tertiary/aromatic N) is 2. The molecule has 1 N–H and O–H groups in total. The fourth-order valence-electron chi connectivity index (χ4n) is 3.72. The van der Waals surface area contributed by atoms with Crippen molar-refractivity contribution in [2.24, 2.45) is 0 Å². The Hall–Kier alpha value is -4.26. The van der Waals surface area contributed by atoms with E-state index in [0.29, 0.717) is 17.0 Å². The summed E-state index contributed by atoms with van der Waals surface area (Å²) < 4.78 is 21.4. The maximum Gasteiger partial charge on any atom is 0.259 e. The number of anilines is 1. The van der Waals surface area contributed by atoms with Gasteiger partial charge in [0.15, 0.2) is 0 Å². The molecule has 6 nitrogen and oxygen atoms in total. The topological polar surface area (TPSA) is 73.2 Å². The van der Waals surface area contributed by atoms with E-state index in [0.717, 1.165) is 11.1 Å². The molecule has 0 radical (unpaired) electrons. The maximum absolute atomic E-state index is 14.4. The first kappa shape index (κ1) is 22.9. The third-order valence-electron chi connectivity index (χ3n) is 5.72. The van der Waals surface area contributed by atoms with E-state index < -0.39 is 11.7 Å². The van der Waals surface area contributed by atoms with Crippen LogP contribution in [0.1, 0.15) is 27.2 Å². The molecule has 1 heterocycles. The summed E-state index contributed by atoms with van der Waals surface area (Å²) in [5.41, 5.74) is 3.16. The molecule has 0 bridgehead atoms. The van der Waals surface area contributed by atoms with Crippen molar-refractivity contribution in [2.45, 2.75) is 20.8 Å². The van der Waals surface area contributed by atoms with Crippen LogP contribution in [-0.4, -0.2) is 22.8 Å². The van der Waals surface area contributed by atoms with Crippen LogP contribution in [0, 0.1) is 26.6 Å². The van der Waals surface area contributed by atoms with Crippen LogP contribution in [0.15, 0.2) is 71.5 Å². The molecule has 0 fully saturated rings. The predicted octanol–water partition coefficient (Wildman–Crippen LogP) is 5.22. The summed E-state index contributed by atoms with van der Waals surface area (Å²) in [5, 5.41) is 7.23. The van der Waals surface area contributed by atoms with E-state index in [2.05, 4.69) is 10.4 Å². The van der Waals surface area contributed by atoms with E-state index in [1.165, 1.54) is 30.0 Å². The SMILES string of the molecule is COc1ccccc1-c1c(NC(=O)c2ccccc2F)n(-c2ccc(C)c(C)c2)nc(C)c1=O. The molecule has 0 saturated carbocycles. The Morgan fingerprint density at radius 1 is 0.971 bits per heavy atom. The molecule has 0 aliphatic carbocycles. The highest BCUT2D eigenvalue weighted by atomic mass is 19.1. The Kier molecular flexibility index (Phi) is 6.27. The largest absolute Gasteiger partial charge is 0.496 e. The second-order valence-corrected chi connectivity index (χ2v) is 7.95. The lowest BCUT2D eigenvalue weighted by molar-refractivity contribution is 0.102. The summed E-state index contributed by atoms with van der Waals surface area (Å²) >= 11 is 0. The number of carbonyl (C=O) groups is 1. The first-order valence-corrected chi connectivity index (χ1v) is 10.7. The third kappa shape index (κ3) is 4.20. The number of aromatic nitrogens is 2. The highest BCUT2D eigenvalue weighted by Crippen LogP contribution is 2.34. The lowest BCUT2D eigenvalue weighted by atomic mass is 10.0. The molecule has 34 heavy (non-hydrogen) atoms. The summed E-state index contributed by atoms with van der Waals surface area (Å²) in [7, 11) is 1.51. The van der Waals surface area contributed by atoms with Gasteiger partial charge in [-0.2, -0.15) is 5.10 Å².